The summed E-state index contributed by atoms with van der Waals surface area (Å²) in [6, 6.07) is 0. The average Bonchev–Trinajstić information content (AvgIpc) is 2.73. The Morgan fingerprint density at radius 1 is 1.17 bits per heavy atom. The highest BCUT2D eigenvalue weighted by Crippen LogP contribution is 2.06. The van der Waals surface area contributed by atoms with E-state index in [2.05, 4.69) is 23.9 Å². The number of amides is 1. The summed E-state index contributed by atoms with van der Waals surface area (Å²) in [5.41, 5.74) is 5.32. The van der Waals surface area contributed by atoms with Crippen molar-refractivity contribution in [2.45, 2.75) is 65.3 Å². The molecule has 0 bridgehead atoms. The third-order valence-corrected chi connectivity index (χ3v) is 2.91. The van der Waals surface area contributed by atoms with E-state index in [1.807, 2.05) is 0 Å². The normalized spacial score (nSPS) is 10.8. The number of hydrogen-bond acceptors (Lipinski definition) is 3. The maximum Gasteiger partial charge on any atom is 0.286 e. The van der Waals surface area contributed by atoms with E-state index in [0.29, 0.717) is 5.82 Å². The van der Waals surface area contributed by atoms with Crippen molar-refractivity contribution in [3.63, 3.8) is 0 Å². The summed E-state index contributed by atoms with van der Waals surface area (Å²) in [7, 11) is 0. The van der Waals surface area contributed by atoms with Crippen molar-refractivity contribution < 1.29 is 4.79 Å². The SMILES string of the molecule is CCCCCc1nc(C(N)=O)n(CCCCC)n1. The predicted octanol–water partition coefficient (Wildman–Crippen LogP) is 2.30. The number of unbranched alkanes of at least 4 members (excludes halogenated alkanes) is 4. The zero-order valence-electron chi connectivity index (χ0n) is 11.5. The molecule has 1 rings (SSSR count). The van der Waals surface area contributed by atoms with Crippen LogP contribution in [0, 0.1) is 0 Å². The minimum absolute atomic E-state index is 0.303. The van der Waals surface area contributed by atoms with Crippen LogP contribution in [0.2, 0.25) is 0 Å². The topological polar surface area (TPSA) is 73.8 Å². The standard InChI is InChI=1S/C13H24N4O/c1-3-5-7-9-11-15-13(12(14)18)17(16-11)10-8-6-4-2/h3-10H2,1-2H3,(H2,14,18). The quantitative estimate of drug-likeness (QED) is 0.685. The highest BCUT2D eigenvalue weighted by atomic mass is 16.1. The van der Waals surface area contributed by atoms with Crippen molar-refractivity contribution in [3.05, 3.63) is 11.6 Å². The van der Waals surface area contributed by atoms with Crippen LogP contribution >= 0.6 is 0 Å². The molecule has 0 atom stereocenters. The van der Waals surface area contributed by atoms with E-state index in [1.54, 1.807) is 4.68 Å². The number of carbonyl (C=O) groups excluding carboxylic acids is 1. The lowest BCUT2D eigenvalue weighted by molar-refractivity contribution is 0.0984. The number of carbonyl (C=O) groups is 1. The van der Waals surface area contributed by atoms with Crippen molar-refractivity contribution in [2.24, 2.45) is 5.73 Å². The lowest BCUT2D eigenvalue weighted by atomic mass is 10.2. The Balaban J connectivity index is 2.64. The van der Waals surface area contributed by atoms with Gasteiger partial charge in [0.25, 0.3) is 5.91 Å². The fourth-order valence-corrected chi connectivity index (χ4v) is 1.88. The van der Waals surface area contributed by atoms with E-state index in [9.17, 15) is 4.79 Å². The highest BCUT2D eigenvalue weighted by molar-refractivity contribution is 5.89. The van der Waals surface area contributed by atoms with Gasteiger partial charge in [-0.15, -0.1) is 0 Å². The molecule has 1 heterocycles. The van der Waals surface area contributed by atoms with Crippen molar-refractivity contribution >= 4 is 5.91 Å². The van der Waals surface area contributed by atoms with Crippen LogP contribution < -0.4 is 5.73 Å². The van der Waals surface area contributed by atoms with E-state index in [0.717, 1.165) is 50.9 Å². The molecule has 1 amide bonds. The Hall–Kier alpha value is -1.39. The van der Waals surface area contributed by atoms with E-state index < -0.39 is 5.91 Å². The molecule has 102 valence electrons. The van der Waals surface area contributed by atoms with Gasteiger partial charge in [0.15, 0.2) is 5.82 Å². The minimum Gasteiger partial charge on any atom is -0.363 e. The molecule has 5 nitrogen and oxygen atoms in total. The molecule has 1 aromatic rings. The Labute approximate surface area is 109 Å². The minimum atomic E-state index is -0.485. The summed E-state index contributed by atoms with van der Waals surface area (Å²) in [6.07, 6.45) is 7.50. The van der Waals surface area contributed by atoms with Crippen LogP contribution in [0.4, 0.5) is 0 Å². The first-order valence-electron chi connectivity index (χ1n) is 6.92. The molecule has 18 heavy (non-hydrogen) atoms. The van der Waals surface area contributed by atoms with Crippen LogP contribution in [-0.4, -0.2) is 20.7 Å². The van der Waals surface area contributed by atoms with Gasteiger partial charge >= 0.3 is 0 Å². The molecular weight excluding hydrogens is 228 g/mol. The number of primary amides is 1. The second-order valence-corrected chi connectivity index (χ2v) is 4.60. The Bertz CT molecular complexity index is 373. The average molecular weight is 252 g/mol. The van der Waals surface area contributed by atoms with Crippen molar-refractivity contribution in [1.29, 1.82) is 0 Å². The summed E-state index contributed by atoms with van der Waals surface area (Å²) < 4.78 is 1.67. The van der Waals surface area contributed by atoms with E-state index in [-0.39, 0.29) is 0 Å². The zero-order valence-corrected chi connectivity index (χ0v) is 11.5. The van der Waals surface area contributed by atoms with Gasteiger partial charge in [-0.2, -0.15) is 5.10 Å². The third-order valence-electron chi connectivity index (χ3n) is 2.91. The molecule has 0 spiro atoms. The number of aryl methyl sites for hydroxylation is 2. The number of nitrogens with two attached hydrogens (primary N) is 1. The van der Waals surface area contributed by atoms with Gasteiger partial charge in [-0.25, -0.2) is 9.67 Å². The smallest absolute Gasteiger partial charge is 0.286 e. The van der Waals surface area contributed by atoms with Gasteiger partial charge in [-0.05, 0) is 12.8 Å². The van der Waals surface area contributed by atoms with Crippen molar-refractivity contribution in [2.75, 3.05) is 0 Å². The van der Waals surface area contributed by atoms with Crippen LogP contribution in [0.25, 0.3) is 0 Å². The first kappa shape index (κ1) is 14.7. The van der Waals surface area contributed by atoms with E-state index in [1.165, 1.54) is 6.42 Å². The Kier molecular flexibility index (Phi) is 6.39. The van der Waals surface area contributed by atoms with E-state index in [4.69, 9.17) is 5.73 Å². The number of hydrogen-bond donors (Lipinski definition) is 1. The van der Waals surface area contributed by atoms with Crippen LogP contribution in [0.5, 0.6) is 0 Å². The predicted molar refractivity (Wildman–Crippen MR) is 71.3 cm³/mol. The summed E-state index contributed by atoms with van der Waals surface area (Å²) >= 11 is 0. The van der Waals surface area contributed by atoms with Crippen LogP contribution in [0.1, 0.15) is 68.8 Å². The zero-order chi connectivity index (χ0) is 13.4. The number of aromatic nitrogens is 3. The molecule has 1 aromatic heterocycles. The van der Waals surface area contributed by atoms with Crippen LogP contribution in [-0.2, 0) is 13.0 Å². The molecule has 0 saturated heterocycles. The maximum absolute atomic E-state index is 11.3. The maximum atomic E-state index is 11.3. The monoisotopic (exact) mass is 252 g/mol. The fourth-order valence-electron chi connectivity index (χ4n) is 1.88. The molecule has 0 aliphatic rings. The van der Waals surface area contributed by atoms with Gasteiger partial charge in [0, 0.05) is 13.0 Å². The van der Waals surface area contributed by atoms with Gasteiger partial charge in [0.2, 0.25) is 5.82 Å². The number of rotatable bonds is 9. The fraction of sp³-hybridized carbons (Fsp3) is 0.769. The molecular formula is C13H24N4O. The summed E-state index contributed by atoms with van der Waals surface area (Å²) in [4.78, 5) is 15.5. The summed E-state index contributed by atoms with van der Waals surface area (Å²) in [6.45, 7) is 5.03. The summed E-state index contributed by atoms with van der Waals surface area (Å²) in [5.74, 6) is 0.562. The number of nitrogens with zero attached hydrogens (tertiary/aromatic N) is 3. The van der Waals surface area contributed by atoms with Crippen molar-refractivity contribution in [3.8, 4) is 0 Å². The summed E-state index contributed by atoms with van der Waals surface area (Å²) in [5, 5.41) is 4.38. The Morgan fingerprint density at radius 3 is 2.44 bits per heavy atom. The first-order valence-corrected chi connectivity index (χ1v) is 6.92. The molecule has 0 fully saturated rings. The Morgan fingerprint density at radius 2 is 1.83 bits per heavy atom. The highest BCUT2D eigenvalue weighted by Gasteiger charge is 2.13. The van der Waals surface area contributed by atoms with Crippen molar-refractivity contribution in [1.82, 2.24) is 14.8 Å². The molecule has 5 heteroatoms. The molecule has 0 radical (unpaired) electrons. The molecule has 0 saturated carbocycles. The second-order valence-electron chi connectivity index (χ2n) is 4.60. The van der Waals surface area contributed by atoms with Crippen LogP contribution in [0.15, 0.2) is 0 Å². The van der Waals surface area contributed by atoms with Gasteiger partial charge in [-0.1, -0.05) is 39.5 Å². The molecule has 2 N–H and O–H groups in total. The largest absolute Gasteiger partial charge is 0.363 e. The molecule has 0 aliphatic heterocycles. The van der Waals surface area contributed by atoms with E-state index >= 15 is 0 Å². The third kappa shape index (κ3) is 4.47. The lowest BCUT2D eigenvalue weighted by Crippen LogP contribution is -2.19. The lowest BCUT2D eigenvalue weighted by Gasteiger charge is -2.01. The van der Waals surface area contributed by atoms with Gasteiger partial charge in [0.1, 0.15) is 0 Å². The first-order chi connectivity index (χ1) is 8.69. The second kappa shape index (κ2) is 7.84. The molecule has 0 unspecified atom stereocenters. The van der Waals surface area contributed by atoms with Crippen LogP contribution in [0.3, 0.4) is 0 Å². The van der Waals surface area contributed by atoms with Gasteiger partial charge in [-0.3, -0.25) is 4.79 Å². The molecule has 0 aliphatic carbocycles. The van der Waals surface area contributed by atoms with Gasteiger partial charge in [0.05, 0.1) is 0 Å². The molecule has 0 aromatic carbocycles. The van der Waals surface area contributed by atoms with Gasteiger partial charge < -0.3 is 5.73 Å².